The summed E-state index contributed by atoms with van der Waals surface area (Å²) < 4.78 is 0. The molecule has 1 fully saturated rings. The van der Waals surface area contributed by atoms with E-state index in [1.165, 1.54) is 17.1 Å². The Kier molecular flexibility index (Phi) is 3.91. The van der Waals surface area contributed by atoms with Crippen molar-refractivity contribution in [3.8, 4) is 0 Å². The van der Waals surface area contributed by atoms with Gasteiger partial charge in [0, 0.05) is 37.1 Å². The number of benzene rings is 1. The molecule has 0 saturated carbocycles. The first-order chi connectivity index (χ1) is 11.8. The van der Waals surface area contributed by atoms with Gasteiger partial charge in [-0.05, 0) is 36.5 Å². The van der Waals surface area contributed by atoms with Crippen LogP contribution in [-0.4, -0.2) is 38.8 Å². The second-order valence-corrected chi connectivity index (χ2v) is 6.24. The summed E-state index contributed by atoms with van der Waals surface area (Å²) in [5.74, 6) is 0.441. The van der Waals surface area contributed by atoms with Crippen LogP contribution in [0, 0.1) is 5.92 Å². The number of pyridine rings is 1. The van der Waals surface area contributed by atoms with Gasteiger partial charge in [0.05, 0.1) is 11.7 Å². The number of carbonyl (C=O) groups is 1. The molecule has 1 saturated heterocycles. The molecular weight excluding hydrogens is 300 g/mol. The molecule has 0 N–H and O–H groups in total. The molecule has 1 unspecified atom stereocenters. The number of para-hydroxylation sites is 1. The third-order valence-corrected chi connectivity index (χ3v) is 4.53. The van der Waals surface area contributed by atoms with E-state index in [9.17, 15) is 4.79 Å². The van der Waals surface area contributed by atoms with E-state index >= 15 is 0 Å². The van der Waals surface area contributed by atoms with Crippen molar-refractivity contribution >= 4 is 16.8 Å². The van der Waals surface area contributed by atoms with Crippen molar-refractivity contribution in [1.29, 1.82) is 0 Å². The molecule has 0 bridgehead atoms. The van der Waals surface area contributed by atoms with Gasteiger partial charge in [0.2, 0.25) is 0 Å². The summed E-state index contributed by atoms with van der Waals surface area (Å²) in [7, 11) is 0. The van der Waals surface area contributed by atoms with Crippen molar-refractivity contribution < 1.29 is 4.79 Å². The van der Waals surface area contributed by atoms with E-state index in [1.807, 2.05) is 29.3 Å². The Labute approximate surface area is 140 Å². The van der Waals surface area contributed by atoms with Gasteiger partial charge in [-0.25, -0.2) is 4.98 Å². The Hall–Kier alpha value is -2.82. The van der Waals surface area contributed by atoms with Crippen LogP contribution in [0.25, 0.3) is 10.9 Å². The number of fused-ring (bicyclic) bond motifs is 1. The molecular formula is C19H18N4O. The van der Waals surface area contributed by atoms with Crippen LogP contribution in [0.1, 0.15) is 22.5 Å². The molecule has 2 aromatic heterocycles. The quantitative estimate of drug-likeness (QED) is 0.745. The summed E-state index contributed by atoms with van der Waals surface area (Å²) in [4.78, 5) is 26.9. The number of amides is 1. The molecule has 0 radical (unpaired) electrons. The molecule has 1 aliphatic rings. The fourth-order valence-electron chi connectivity index (χ4n) is 3.32. The highest BCUT2D eigenvalue weighted by Crippen LogP contribution is 2.23. The predicted molar refractivity (Wildman–Crippen MR) is 91.5 cm³/mol. The molecule has 4 rings (SSSR count). The lowest BCUT2D eigenvalue weighted by atomic mass is 9.99. The highest BCUT2D eigenvalue weighted by atomic mass is 16.2. The van der Waals surface area contributed by atoms with Crippen molar-refractivity contribution in [3.05, 3.63) is 66.4 Å². The molecule has 3 heterocycles. The third kappa shape index (κ3) is 2.97. The van der Waals surface area contributed by atoms with Crippen LogP contribution in [0.2, 0.25) is 0 Å². The summed E-state index contributed by atoms with van der Waals surface area (Å²) in [6.45, 7) is 1.54. The number of nitrogens with zero attached hydrogens (tertiary/aromatic N) is 4. The average molecular weight is 318 g/mol. The summed E-state index contributed by atoms with van der Waals surface area (Å²) in [6.07, 6.45) is 8.58. The normalized spacial score (nSPS) is 17.3. The van der Waals surface area contributed by atoms with Crippen LogP contribution in [0.4, 0.5) is 0 Å². The number of rotatable bonds is 3. The molecule has 1 atom stereocenters. The van der Waals surface area contributed by atoms with Crippen molar-refractivity contribution in [1.82, 2.24) is 19.9 Å². The number of carbonyl (C=O) groups excluding carboxylic acids is 1. The van der Waals surface area contributed by atoms with Gasteiger partial charge in [-0.15, -0.1) is 0 Å². The largest absolute Gasteiger partial charge is 0.337 e. The maximum absolute atomic E-state index is 12.4. The smallest absolute Gasteiger partial charge is 0.274 e. The minimum absolute atomic E-state index is 0.0257. The van der Waals surface area contributed by atoms with Crippen molar-refractivity contribution in [2.24, 2.45) is 5.92 Å². The average Bonchev–Trinajstić information content (AvgIpc) is 3.10. The van der Waals surface area contributed by atoms with E-state index < -0.39 is 0 Å². The van der Waals surface area contributed by atoms with Crippen molar-refractivity contribution in [2.45, 2.75) is 12.8 Å². The molecule has 5 nitrogen and oxygen atoms in total. The van der Waals surface area contributed by atoms with E-state index in [2.05, 4.69) is 27.1 Å². The van der Waals surface area contributed by atoms with Gasteiger partial charge < -0.3 is 4.90 Å². The third-order valence-electron chi connectivity index (χ3n) is 4.53. The van der Waals surface area contributed by atoms with Crippen LogP contribution >= 0.6 is 0 Å². The Morgan fingerprint density at radius 2 is 2.08 bits per heavy atom. The fraction of sp³-hybridized carbons (Fsp3) is 0.263. The zero-order chi connectivity index (χ0) is 16.4. The highest BCUT2D eigenvalue weighted by Gasteiger charge is 2.27. The predicted octanol–water partition coefficient (Wildman–Crippen LogP) is 2.73. The zero-order valence-electron chi connectivity index (χ0n) is 13.3. The molecule has 1 aromatic carbocycles. The highest BCUT2D eigenvalue weighted by molar-refractivity contribution is 5.92. The number of likely N-dealkylation sites (tertiary alicyclic amines) is 1. The van der Waals surface area contributed by atoms with Gasteiger partial charge in [-0.1, -0.05) is 18.2 Å². The van der Waals surface area contributed by atoms with E-state index in [0.29, 0.717) is 11.6 Å². The Morgan fingerprint density at radius 1 is 1.17 bits per heavy atom. The fourth-order valence-corrected chi connectivity index (χ4v) is 3.32. The van der Waals surface area contributed by atoms with E-state index in [1.54, 1.807) is 12.4 Å². The molecule has 1 amide bonds. The number of aromatic nitrogens is 3. The summed E-state index contributed by atoms with van der Waals surface area (Å²) in [6, 6.07) is 10.3. The first-order valence-electron chi connectivity index (χ1n) is 8.18. The summed E-state index contributed by atoms with van der Waals surface area (Å²) >= 11 is 0. The van der Waals surface area contributed by atoms with Crippen LogP contribution < -0.4 is 0 Å². The van der Waals surface area contributed by atoms with Gasteiger partial charge in [-0.3, -0.25) is 14.8 Å². The van der Waals surface area contributed by atoms with Gasteiger partial charge in [-0.2, -0.15) is 0 Å². The van der Waals surface area contributed by atoms with Gasteiger partial charge in [0.15, 0.2) is 0 Å². The second kappa shape index (κ2) is 6.35. The molecule has 0 spiro atoms. The molecule has 0 aliphatic carbocycles. The van der Waals surface area contributed by atoms with Crippen LogP contribution in [0.5, 0.6) is 0 Å². The van der Waals surface area contributed by atoms with Gasteiger partial charge >= 0.3 is 0 Å². The summed E-state index contributed by atoms with van der Waals surface area (Å²) in [5, 5.41) is 1.17. The van der Waals surface area contributed by atoms with E-state index in [0.717, 1.165) is 31.4 Å². The molecule has 120 valence electrons. The molecule has 5 heteroatoms. The minimum atomic E-state index is -0.0257. The lowest BCUT2D eigenvalue weighted by Crippen LogP contribution is -2.29. The lowest BCUT2D eigenvalue weighted by molar-refractivity contribution is 0.0781. The first-order valence-corrected chi connectivity index (χ1v) is 8.18. The number of hydrogen-bond acceptors (Lipinski definition) is 4. The van der Waals surface area contributed by atoms with E-state index in [-0.39, 0.29) is 5.91 Å². The Morgan fingerprint density at radius 3 is 2.96 bits per heavy atom. The number of hydrogen-bond donors (Lipinski definition) is 0. The van der Waals surface area contributed by atoms with Crippen molar-refractivity contribution in [2.75, 3.05) is 13.1 Å². The van der Waals surface area contributed by atoms with Crippen molar-refractivity contribution in [3.63, 3.8) is 0 Å². The summed E-state index contributed by atoms with van der Waals surface area (Å²) in [5.41, 5.74) is 2.67. The topological polar surface area (TPSA) is 59.0 Å². The lowest BCUT2D eigenvalue weighted by Gasteiger charge is -2.16. The molecule has 3 aromatic rings. The van der Waals surface area contributed by atoms with E-state index in [4.69, 9.17) is 0 Å². The maximum atomic E-state index is 12.4. The Balaban J connectivity index is 1.44. The molecule has 1 aliphatic heterocycles. The maximum Gasteiger partial charge on any atom is 0.274 e. The second-order valence-electron chi connectivity index (χ2n) is 6.24. The molecule has 24 heavy (non-hydrogen) atoms. The zero-order valence-corrected chi connectivity index (χ0v) is 13.3. The van der Waals surface area contributed by atoms with Gasteiger partial charge in [0.1, 0.15) is 5.69 Å². The monoisotopic (exact) mass is 318 g/mol. The van der Waals surface area contributed by atoms with Crippen LogP contribution in [0.3, 0.4) is 0 Å². The van der Waals surface area contributed by atoms with Gasteiger partial charge in [0.25, 0.3) is 5.91 Å². The minimum Gasteiger partial charge on any atom is -0.337 e. The first kappa shape index (κ1) is 14.8. The SMILES string of the molecule is O=C(c1cnccn1)N1CCC(Cc2cnc3ccccc3c2)C1. The standard InChI is InChI=1S/C19H18N4O/c24-19(18-12-20-6-7-21-18)23-8-5-14(13-23)9-15-10-16-3-1-2-4-17(16)22-11-15/h1-4,6-7,10-12,14H,5,8-9,13H2. The van der Waals surface area contributed by atoms with Crippen LogP contribution in [0.15, 0.2) is 55.1 Å². The Bertz CT molecular complexity index is 865. The van der Waals surface area contributed by atoms with Crippen LogP contribution in [-0.2, 0) is 6.42 Å².